The number of halogens is 1. The third kappa shape index (κ3) is 4.02. The molecule has 3 N–H and O–H groups in total. The van der Waals surface area contributed by atoms with Gasteiger partial charge < -0.3 is 11.1 Å². The number of hydrogen-bond donors (Lipinski definition) is 2. The first-order valence-electron chi connectivity index (χ1n) is 6.09. The van der Waals surface area contributed by atoms with Crippen molar-refractivity contribution in [2.75, 3.05) is 16.8 Å². The summed E-state index contributed by atoms with van der Waals surface area (Å²) >= 11 is 4.88. The van der Waals surface area contributed by atoms with Crippen molar-refractivity contribution in [3.8, 4) is 0 Å². The molecule has 0 radical (unpaired) electrons. The van der Waals surface area contributed by atoms with Crippen LogP contribution in [0.25, 0.3) is 0 Å². The van der Waals surface area contributed by atoms with Crippen molar-refractivity contribution in [1.29, 1.82) is 0 Å². The number of anilines is 2. The number of rotatable bonds is 4. The summed E-state index contributed by atoms with van der Waals surface area (Å²) in [7, 11) is 0. The molecule has 2 aromatic rings. The normalized spacial score (nSPS) is 10.3. The van der Waals surface area contributed by atoms with E-state index in [9.17, 15) is 4.79 Å². The van der Waals surface area contributed by atoms with Crippen LogP contribution in [0.5, 0.6) is 0 Å². The van der Waals surface area contributed by atoms with Crippen molar-refractivity contribution < 1.29 is 4.79 Å². The predicted octanol–water partition coefficient (Wildman–Crippen LogP) is 4.07. The van der Waals surface area contributed by atoms with Crippen LogP contribution in [0.3, 0.4) is 0 Å². The minimum absolute atomic E-state index is 0.0593. The summed E-state index contributed by atoms with van der Waals surface area (Å²) in [6, 6.07) is 13.5. The molecule has 0 aliphatic heterocycles. The first-order valence-corrected chi connectivity index (χ1v) is 7.87. The van der Waals surface area contributed by atoms with E-state index in [2.05, 4.69) is 21.2 Å². The average molecular weight is 351 g/mol. The fourth-order valence-corrected chi connectivity index (χ4v) is 3.09. The van der Waals surface area contributed by atoms with E-state index >= 15 is 0 Å². The van der Waals surface area contributed by atoms with E-state index in [0.29, 0.717) is 17.1 Å². The average Bonchev–Trinajstić information content (AvgIpc) is 2.42. The Labute approximate surface area is 131 Å². The summed E-state index contributed by atoms with van der Waals surface area (Å²) in [5.41, 5.74) is 8.12. The minimum atomic E-state index is -0.0593. The van der Waals surface area contributed by atoms with Crippen LogP contribution in [0.1, 0.15) is 5.56 Å². The highest BCUT2D eigenvalue weighted by atomic mass is 79.9. The van der Waals surface area contributed by atoms with Gasteiger partial charge in [0.05, 0.1) is 17.1 Å². The Bertz CT molecular complexity index is 594. The molecule has 20 heavy (non-hydrogen) atoms. The Balaban J connectivity index is 1.98. The van der Waals surface area contributed by atoms with Gasteiger partial charge in [0.2, 0.25) is 5.91 Å². The van der Waals surface area contributed by atoms with Crippen molar-refractivity contribution >= 4 is 45.0 Å². The quantitative estimate of drug-likeness (QED) is 0.645. The number of thioether (sulfide) groups is 1. The molecule has 5 heteroatoms. The molecule has 0 saturated carbocycles. The van der Waals surface area contributed by atoms with Crippen LogP contribution in [-0.2, 0) is 4.79 Å². The van der Waals surface area contributed by atoms with Gasteiger partial charge in [0.25, 0.3) is 0 Å². The fraction of sp³-hybridized carbons (Fsp3) is 0.133. The summed E-state index contributed by atoms with van der Waals surface area (Å²) in [5, 5.41) is 2.87. The number of carbonyl (C=O) groups is 1. The van der Waals surface area contributed by atoms with E-state index in [1.807, 2.05) is 43.3 Å². The maximum atomic E-state index is 12.0. The number of carbonyl (C=O) groups excluding carboxylic acids is 1. The maximum absolute atomic E-state index is 12.0. The lowest BCUT2D eigenvalue weighted by Gasteiger charge is -2.12. The standard InChI is InChI=1S/C15H15BrN2OS/c1-10-7-11(16)8-13(17)15(10)18-14(19)9-20-12-5-3-2-4-6-12/h2-8H,9,17H2,1H3,(H,18,19). The number of amides is 1. The lowest BCUT2D eigenvalue weighted by Crippen LogP contribution is -2.16. The van der Waals surface area contributed by atoms with Crippen LogP contribution in [0.15, 0.2) is 51.8 Å². The molecule has 2 rings (SSSR count). The van der Waals surface area contributed by atoms with Crippen LogP contribution < -0.4 is 11.1 Å². The summed E-state index contributed by atoms with van der Waals surface area (Å²) < 4.78 is 0.907. The molecular formula is C15H15BrN2OS. The molecule has 0 heterocycles. The molecular weight excluding hydrogens is 336 g/mol. The van der Waals surface area contributed by atoms with Crippen LogP contribution in [-0.4, -0.2) is 11.7 Å². The van der Waals surface area contributed by atoms with E-state index < -0.39 is 0 Å². The number of nitrogen functional groups attached to an aromatic ring is 1. The molecule has 0 spiro atoms. The first-order chi connectivity index (χ1) is 9.56. The Morgan fingerprint density at radius 3 is 2.65 bits per heavy atom. The molecule has 1 amide bonds. The van der Waals surface area contributed by atoms with Gasteiger partial charge in [-0.05, 0) is 36.8 Å². The van der Waals surface area contributed by atoms with Gasteiger partial charge in [0.15, 0.2) is 0 Å². The van der Waals surface area contributed by atoms with Gasteiger partial charge in [-0.25, -0.2) is 0 Å². The van der Waals surface area contributed by atoms with Gasteiger partial charge in [-0.2, -0.15) is 0 Å². The highest BCUT2D eigenvalue weighted by Gasteiger charge is 2.09. The molecule has 2 aromatic carbocycles. The predicted molar refractivity (Wildman–Crippen MR) is 89.1 cm³/mol. The van der Waals surface area contributed by atoms with E-state index in [-0.39, 0.29) is 5.91 Å². The lowest BCUT2D eigenvalue weighted by molar-refractivity contribution is -0.113. The second-order valence-electron chi connectivity index (χ2n) is 4.34. The number of nitrogens with one attached hydrogen (secondary N) is 1. The Morgan fingerprint density at radius 1 is 1.30 bits per heavy atom. The van der Waals surface area contributed by atoms with E-state index in [1.54, 1.807) is 6.07 Å². The molecule has 0 unspecified atom stereocenters. The zero-order valence-electron chi connectivity index (χ0n) is 11.0. The third-order valence-electron chi connectivity index (χ3n) is 2.71. The van der Waals surface area contributed by atoms with Gasteiger partial charge >= 0.3 is 0 Å². The van der Waals surface area contributed by atoms with Crippen molar-refractivity contribution in [2.45, 2.75) is 11.8 Å². The van der Waals surface area contributed by atoms with Crippen LogP contribution in [0.4, 0.5) is 11.4 Å². The highest BCUT2D eigenvalue weighted by molar-refractivity contribution is 9.10. The number of hydrogen-bond acceptors (Lipinski definition) is 3. The fourth-order valence-electron chi connectivity index (χ4n) is 1.78. The highest BCUT2D eigenvalue weighted by Crippen LogP contribution is 2.28. The summed E-state index contributed by atoms with van der Waals surface area (Å²) in [4.78, 5) is 13.0. The van der Waals surface area contributed by atoms with Gasteiger partial charge in [0, 0.05) is 9.37 Å². The first kappa shape index (κ1) is 14.9. The zero-order chi connectivity index (χ0) is 14.5. The number of aryl methyl sites for hydroxylation is 1. The SMILES string of the molecule is Cc1cc(Br)cc(N)c1NC(=O)CSc1ccccc1. The van der Waals surface area contributed by atoms with Crippen molar-refractivity contribution in [2.24, 2.45) is 0 Å². The second-order valence-corrected chi connectivity index (χ2v) is 6.30. The van der Waals surface area contributed by atoms with Crippen LogP contribution in [0, 0.1) is 6.92 Å². The minimum Gasteiger partial charge on any atom is -0.397 e. The van der Waals surface area contributed by atoms with E-state index in [4.69, 9.17) is 5.73 Å². The molecule has 104 valence electrons. The Hall–Kier alpha value is -1.46. The zero-order valence-corrected chi connectivity index (χ0v) is 13.4. The maximum Gasteiger partial charge on any atom is 0.234 e. The molecule has 0 aromatic heterocycles. The molecule has 0 fully saturated rings. The number of nitrogens with two attached hydrogens (primary N) is 1. The van der Waals surface area contributed by atoms with E-state index in [1.165, 1.54) is 11.8 Å². The largest absolute Gasteiger partial charge is 0.397 e. The monoisotopic (exact) mass is 350 g/mol. The molecule has 0 bridgehead atoms. The Kier molecular flexibility index (Phi) is 5.09. The Morgan fingerprint density at radius 2 is 2.00 bits per heavy atom. The lowest BCUT2D eigenvalue weighted by atomic mass is 10.1. The summed E-state index contributed by atoms with van der Waals surface area (Å²) in [6.45, 7) is 1.92. The van der Waals surface area contributed by atoms with Crippen LogP contribution in [0.2, 0.25) is 0 Å². The van der Waals surface area contributed by atoms with Gasteiger partial charge in [-0.15, -0.1) is 11.8 Å². The van der Waals surface area contributed by atoms with Crippen molar-refractivity contribution in [3.63, 3.8) is 0 Å². The topological polar surface area (TPSA) is 55.1 Å². The van der Waals surface area contributed by atoms with Gasteiger partial charge in [-0.3, -0.25) is 4.79 Å². The van der Waals surface area contributed by atoms with Gasteiger partial charge in [-0.1, -0.05) is 34.1 Å². The molecule has 0 saturated heterocycles. The third-order valence-corrected chi connectivity index (χ3v) is 4.18. The molecule has 3 nitrogen and oxygen atoms in total. The van der Waals surface area contributed by atoms with E-state index in [0.717, 1.165) is 14.9 Å². The van der Waals surface area contributed by atoms with Crippen LogP contribution >= 0.6 is 27.7 Å². The van der Waals surface area contributed by atoms with Crippen molar-refractivity contribution in [1.82, 2.24) is 0 Å². The molecule has 0 aliphatic carbocycles. The second kappa shape index (κ2) is 6.81. The summed E-state index contributed by atoms with van der Waals surface area (Å²) in [5.74, 6) is 0.301. The molecule has 0 atom stereocenters. The summed E-state index contributed by atoms with van der Waals surface area (Å²) in [6.07, 6.45) is 0. The van der Waals surface area contributed by atoms with Crippen molar-refractivity contribution in [3.05, 3.63) is 52.5 Å². The molecule has 0 aliphatic rings. The number of benzene rings is 2. The van der Waals surface area contributed by atoms with Gasteiger partial charge in [0.1, 0.15) is 0 Å². The smallest absolute Gasteiger partial charge is 0.234 e.